The number of benzene rings is 3. The summed E-state index contributed by atoms with van der Waals surface area (Å²) in [5.41, 5.74) is 3.16. The van der Waals surface area contributed by atoms with Crippen LogP contribution in [0.15, 0.2) is 90.2 Å². The summed E-state index contributed by atoms with van der Waals surface area (Å²) in [6, 6.07) is 19.1. The number of amides is 4. The molecular weight excluding hydrogens is 771 g/mol. The summed E-state index contributed by atoms with van der Waals surface area (Å²) in [7, 11) is 1.72. The van der Waals surface area contributed by atoms with Gasteiger partial charge in [-0.05, 0) is 110 Å². The van der Waals surface area contributed by atoms with Crippen LogP contribution >= 0.6 is 34.5 Å². The molecule has 2 aliphatic carbocycles. The molecule has 1 saturated carbocycles. The Morgan fingerprint density at radius 2 is 1.68 bits per heavy atom. The van der Waals surface area contributed by atoms with Crippen molar-refractivity contribution in [2.24, 2.45) is 42.1 Å². The molecule has 5 aromatic rings. The van der Waals surface area contributed by atoms with Crippen LogP contribution in [-0.2, 0) is 32.6 Å². The summed E-state index contributed by atoms with van der Waals surface area (Å²) in [5, 5.41) is 17.3. The highest BCUT2D eigenvalue weighted by Gasteiger charge is 2.68. The molecule has 3 aliphatic heterocycles. The first-order valence-electron chi connectivity index (χ1n) is 18.5. The molecule has 1 N–H and O–H groups in total. The smallest absolute Gasteiger partial charge is 0.242 e. The molecule has 0 spiro atoms. The number of aromatic hydroxyl groups is 1. The molecule has 13 heteroatoms. The van der Waals surface area contributed by atoms with Gasteiger partial charge in [-0.15, -0.1) is 11.3 Å². The fraction of sp³-hybridized carbons (Fsp3) is 0.279. The van der Waals surface area contributed by atoms with Crippen molar-refractivity contribution in [2.45, 2.75) is 33.1 Å². The third-order valence-electron chi connectivity index (χ3n) is 12.7. The van der Waals surface area contributed by atoms with Crippen molar-refractivity contribution in [1.82, 2.24) is 9.78 Å². The van der Waals surface area contributed by atoms with E-state index in [-0.39, 0.29) is 35.8 Å². The zero-order valence-electron chi connectivity index (χ0n) is 30.5. The highest BCUT2D eigenvalue weighted by atomic mass is 35.5. The number of aromatic nitrogens is 2. The van der Waals surface area contributed by atoms with E-state index in [4.69, 9.17) is 33.0 Å². The van der Waals surface area contributed by atoms with Crippen LogP contribution in [0.25, 0.3) is 20.7 Å². The van der Waals surface area contributed by atoms with Crippen LogP contribution < -0.4 is 14.5 Å². The normalized spacial score (nSPS) is 26.8. The van der Waals surface area contributed by atoms with Crippen LogP contribution in [0.1, 0.15) is 30.9 Å². The molecule has 56 heavy (non-hydrogen) atoms. The maximum atomic E-state index is 15.2. The van der Waals surface area contributed by atoms with E-state index in [0.717, 1.165) is 37.2 Å². The Kier molecular flexibility index (Phi) is 7.78. The van der Waals surface area contributed by atoms with Crippen molar-refractivity contribution in [3.8, 4) is 22.1 Å². The van der Waals surface area contributed by atoms with Crippen LogP contribution in [-0.4, -0.2) is 38.5 Å². The molecule has 4 amide bonds. The number of allylic oxidation sites excluding steroid dienone is 3. The van der Waals surface area contributed by atoms with Crippen molar-refractivity contribution in [2.75, 3.05) is 9.80 Å². The third kappa shape index (κ3) is 4.90. The lowest BCUT2D eigenvalue weighted by atomic mass is 9.51. The number of phenols is 1. The number of thiophene rings is 1. The molecule has 3 fully saturated rings. The van der Waals surface area contributed by atoms with Gasteiger partial charge in [-0.2, -0.15) is 5.10 Å². The summed E-state index contributed by atoms with van der Waals surface area (Å²) >= 11 is 14.1. The average Bonchev–Trinajstić information content (AvgIpc) is 3.85. The Morgan fingerprint density at radius 3 is 2.46 bits per heavy atom. The van der Waals surface area contributed by atoms with E-state index in [0.29, 0.717) is 45.8 Å². The van der Waals surface area contributed by atoms with E-state index in [2.05, 4.69) is 0 Å². The van der Waals surface area contributed by atoms with Gasteiger partial charge >= 0.3 is 0 Å². The number of carbonyl (C=O) groups is 4. The average molecular weight is 806 g/mol. The van der Waals surface area contributed by atoms with Gasteiger partial charge in [0.2, 0.25) is 23.6 Å². The number of phenolic OH excluding ortho intramolecular Hbond substituents is 1. The standard InChI is InChI=1S/C43H34Cl2N4O6S/c1-20-29-16-24(45)6-13-34(29)56-38(20)32-18-35(47(3)46-32)49-40(52)31-17-30-27(10-11-28-36(30)41(53)48(39(28)51)25-7-4-23(44)5-8-25)37(43(31,2)42(49)54)22-14-21-15-26(50)9-12-33(21)55-19-22/h4-10,12-13,15-16,18-19,28,30-31,36-37,50H,11,14,17H2,1-3H3. The summed E-state index contributed by atoms with van der Waals surface area (Å²) in [6.07, 6.45) is 4.55. The number of rotatable bonds is 4. The van der Waals surface area contributed by atoms with Gasteiger partial charge in [0.15, 0.2) is 0 Å². The van der Waals surface area contributed by atoms with Crippen molar-refractivity contribution < 1.29 is 29.0 Å². The van der Waals surface area contributed by atoms with Crippen molar-refractivity contribution in [3.63, 3.8) is 0 Å². The third-order valence-corrected chi connectivity index (χ3v) is 14.5. The summed E-state index contributed by atoms with van der Waals surface area (Å²) in [4.78, 5) is 62.1. The Hall–Kier alpha value is -5.23. The lowest BCUT2D eigenvalue weighted by molar-refractivity contribution is -0.132. The van der Waals surface area contributed by atoms with E-state index >= 15 is 4.79 Å². The van der Waals surface area contributed by atoms with Crippen LogP contribution in [0.4, 0.5) is 11.5 Å². The monoisotopic (exact) mass is 804 g/mol. The molecule has 5 aliphatic rings. The second-order valence-electron chi connectivity index (χ2n) is 15.6. The van der Waals surface area contributed by atoms with Gasteiger partial charge in [0, 0.05) is 45.8 Å². The molecule has 5 heterocycles. The minimum atomic E-state index is -1.27. The van der Waals surface area contributed by atoms with Crippen LogP contribution in [0.5, 0.6) is 11.5 Å². The van der Waals surface area contributed by atoms with Crippen molar-refractivity contribution >= 4 is 79.8 Å². The number of imide groups is 2. The maximum absolute atomic E-state index is 15.2. The second kappa shape index (κ2) is 12.4. The molecule has 6 unspecified atom stereocenters. The predicted octanol–water partition coefficient (Wildman–Crippen LogP) is 8.41. The zero-order valence-corrected chi connectivity index (χ0v) is 32.8. The first-order chi connectivity index (χ1) is 26.8. The van der Waals surface area contributed by atoms with Crippen LogP contribution in [0, 0.1) is 41.9 Å². The number of fused-ring (bicyclic) bond motifs is 6. The van der Waals surface area contributed by atoms with Gasteiger partial charge in [-0.1, -0.05) is 34.9 Å². The fourth-order valence-electron chi connectivity index (χ4n) is 10.1. The molecule has 3 aromatic carbocycles. The Morgan fingerprint density at radius 1 is 0.911 bits per heavy atom. The molecule has 2 saturated heterocycles. The highest BCUT2D eigenvalue weighted by molar-refractivity contribution is 7.22. The minimum Gasteiger partial charge on any atom is -0.508 e. The van der Waals surface area contributed by atoms with Gasteiger partial charge in [0.25, 0.3) is 0 Å². The van der Waals surface area contributed by atoms with Crippen LogP contribution in [0.3, 0.4) is 0 Å². The van der Waals surface area contributed by atoms with E-state index in [1.807, 2.05) is 38.1 Å². The molecule has 2 aromatic heterocycles. The van der Waals surface area contributed by atoms with Gasteiger partial charge in [-0.25, -0.2) is 4.90 Å². The van der Waals surface area contributed by atoms with Gasteiger partial charge in [0.05, 0.1) is 40.0 Å². The largest absolute Gasteiger partial charge is 0.508 e. The second-order valence-corrected chi connectivity index (χ2v) is 17.6. The Bertz CT molecular complexity index is 2660. The zero-order chi connectivity index (χ0) is 38.9. The first-order valence-corrected chi connectivity index (χ1v) is 20.0. The van der Waals surface area contributed by atoms with Gasteiger partial charge < -0.3 is 9.84 Å². The molecular formula is C43H34Cl2N4O6S. The molecule has 6 atom stereocenters. The van der Waals surface area contributed by atoms with Crippen molar-refractivity contribution in [3.05, 3.63) is 111 Å². The van der Waals surface area contributed by atoms with E-state index in [1.54, 1.807) is 77.9 Å². The van der Waals surface area contributed by atoms with Gasteiger partial charge in [-0.3, -0.25) is 28.8 Å². The first kappa shape index (κ1) is 35.2. The maximum Gasteiger partial charge on any atom is 0.242 e. The SMILES string of the molecule is Cc1c(-c2cc(N3C(=O)C4CC5C(=CCC6C(=O)N(c7ccc(Cl)cc7)C(=O)C65)C(C5=COc6ccc(O)cc6C5)C4(C)C3=O)n(C)n2)sc2ccc(Cl)cc12. The number of ether oxygens (including phenoxy) is 1. The van der Waals surface area contributed by atoms with E-state index < -0.39 is 35.0 Å². The Labute approximate surface area is 335 Å². The number of hydrogen-bond acceptors (Lipinski definition) is 8. The number of hydrogen-bond donors (Lipinski definition) is 1. The van der Waals surface area contributed by atoms with Gasteiger partial charge in [0.1, 0.15) is 23.0 Å². The highest BCUT2D eigenvalue weighted by Crippen LogP contribution is 2.63. The number of halogens is 2. The number of carbonyl (C=O) groups excluding carboxylic acids is 4. The molecule has 0 radical (unpaired) electrons. The molecule has 10 nitrogen and oxygen atoms in total. The minimum absolute atomic E-state index is 0.0820. The lowest BCUT2D eigenvalue weighted by Crippen LogP contribution is -2.51. The van der Waals surface area contributed by atoms with Crippen LogP contribution in [0.2, 0.25) is 10.0 Å². The summed E-state index contributed by atoms with van der Waals surface area (Å²) in [5.74, 6) is -3.65. The van der Waals surface area contributed by atoms with E-state index in [1.165, 1.54) is 9.80 Å². The van der Waals surface area contributed by atoms with Crippen molar-refractivity contribution in [1.29, 1.82) is 0 Å². The predicted molar refractivity (Wildman–Crippen MR) is 214 cm³/mol. The number of nitrogens with zero attached hydrogens (tertiary/aromatic N) is 4. The summed E-state index contributed by atoms with van der Waals surface area (Å²) in [6.45, 7) is 3.86. The topological polar surface area (TPSA) is 122 Å². The molecule has 0 bridgehead atoms. The number of aryl methyl sites for hydroxylation is 2. The lowest BCUT2D eigenvalue weighted by Gasteiger charge is -2.49. The summed E-state index contributed by atoms with van der Waals surface area (Å²) < 4.78 is 8.77. The fourth-order valence-corrected chi connectivity index (χ4v) is 11.6. The molecule has 10 rings (SSSR count). The van der Waals surface area contributed by atoms with E-state index in [9.17, 15) is 19.5 Å². The quantitative estimate of drug-likeness (QED) is 0.143. The molecule has 282 valence electrons. The Balaban J connectivity index is 1.08. The number of anilines is 2.